The number of benzene rings is 1. The third kappa shape index (κ3) is 1.86. The van der Waals surface area contributed by atoms with Crippen molar-refractivity contribution >= 4 is 22.6 Å². The van der Waals surface area contributed by atoms with Gasteiger partial charge in [-0.05, 0) is 24.3 Å². The zero-order chi connectivity index (χ0) is 11.7. The predicted molar refractivity (Wildman–Crippen MR) is 63.8 cm³/mol. The maximum atomic E-state index is 10.6. The van der Waals surface area contributed by atoms with Crippen molar-refractivity contribution in [3.63, 3.8) is 0 Å². The fourth-order valence-corrected chi connectivity index (χ4v) is 1.80. The van der Waals surface area contributed by atoms with E-state index in [-0.39, 0.29) is 6.54 Å². The Hall–Kier alpha value is -1.97. The minimum Gasteiger partial charge on any atom is -0.480 e. The van der Waals surface area contributed by atoms with E-state index >= 15 is 0 Å². The Morgan fingerprint density at radius 2 is 2.19 bits per heavy atom. The third-order valence-corrected chi connectivity index (χ3v) is 2.68. The number of rotatable bonds is 3. The van der Waals surface area contributed by atoms with E-state index in [4.69, 9.17) is 5.11 Å². The van der Waals surface area contributed by atoms with Crippen molar-refractivity contribution in [2.24, 2.45) is 7.05 Å². The van der Waals surface area contributed by atoms with Gasteiger partial charge < -0.3 is 14.6 Å². The van der Waals surface area contributed by atoms with E-state index < -0.39 is 5.97 Å². The zero-order valence-electron chi connectivity index (χ0n) is 9.34. The molecule has 1 aromatic carbocycles. The second-order valence-corrected chi connectivity index (χ2v) is 3.92. The quantitative estimate of drug-likeness (QED) is 0.852. The zero-order valence-corrected chi connectivity index (χ0v) is 9.34. The second kappa shape index (κ2) is 3.89. The molecule has 1 N–H and O–H groups in total. The largest absolute Gasteiger partial charge is 0.480 e. The number of hydrogen-bond acceptors (Lipinski definition) is 2. The van der Waals surface area contributed by atoms with Gasteiger partial charge >= 0.3 is 5.97 Å². The van der Waals surface area contributed by atoms with E-state index in [1.165, 1.54) is 0 Å². The van der Waals surface area contributed by atoms with E-state index in [1.54, 1.807) is 11.9 Å². The number of carboxylic acids is 1. The lowest BCUT2D eigenvalue weighted by molar-refractivity contribution is -0.135. The van der Waals surface area contributed by atoms with Crippen molar-refractivity contribution in [1.82, 2.24) is 4.57 Å². The van der Waals surface area contributed by atoms with Crippen LogP contribution >= 0.6 is 0 Å². The summed E-state index contributed by atoms with van der Waals surface area (Å²) < 4.78 is 2.04. The molecule has 2 aromatic rings. The first-order chi connectivity index (χ1) is 7.58. The maximum Gasteiger partial charge on any atom is 0.323 e. The first-order valence-electron chi connectivity index (χ1n) is 5.06. The average Bonchev–Trinajstić information content (AvgIpc) is 2.59. The Bertz CT molecular complexity index is 531. The SMILES string of the molecule is CN(CC(=O)O)c1ccc2c(ccn2C)c1. The highest BCUT2D eigenvalue weighted by Gasteiger charge is 2.06. The molecule has 4 nitrogen and oxygen atoms in total. The first-order valence-corrected chi connectivity index (χ1v) is 5.06. The van der Waals surface area contributed by atoms with Gasteiger partial charge in [0.05, 0.1) is 0 Å². The van der Waals surface area contributed by atoms with E-state index in [9.17, 15) is 4.79 Å². The van der Waals surface area contributed by atoms with Crippen molar-refractivity contribution in [3.8, 4) is 0 Å². The summed E-state index contributed by atoms with van der Waals surface area (Å²) in [4.78, 5) is 12.3. The van der Waals surface area contributed by atoms with Crippen molar-refractivity contribution in [2.45, 2.75) is 0 Å². The maximum absolute atomic E-state index is 10.6. The Labute approximate surface area is 93.7 Å². The summed E-state index contributed by atoms with van der Waals surface area (Å²) in [5.74, 6) is -0.823. The van der Waals surface area contributed by atoms with Crippen molar-refractivity contribution in [1.29, 1.82) is 0 Å². The third-order valence-electron chi connectivity index (χ3n) is 2.68. The van der Waals surface area contributed by atoms with Crippen LogP contribution in [-0.2, 0) is 11.8 Å². The number of aryl methyl sites for hydroxylation is 1. The highest BCUT2D eigenvalue weighted by molar-refractivity contribution is 5.84. The van der Waals surface area contributed by atoms with Crippen molar-refractivity contribution < 1.29 is 9.90 Å². The summed E-state index contributed by atoms with van der Waals surface area (Å²) in [7, 11) is 3.77. The Morgan fingerprint density at radius 3 is 2.88 bits per heavy atom. The monoisotopic (exact) mass is 218 g/mol. The molecular formula is C12H14N2O2. The minimum absolute atomic E-state index is 0.0122. The topological polar surface area (TPSA) is 45.5 Å². The summed E-state index contributed by atoms with van der Waals surface area (Å²) >= 11 is 0. The molecule has 0 saturated heterocycles. The summed E-state index contributed by atoms with van der Waals surface area (Å²) in [6.45, 7) is 0.0122. The number of aliphatic carboxylic acids is 1. The molecule has 2 rings (SSSR count). The molecule has 0 unspecified atom stereocenters. The summed E-state index contributed by atoms with van der Waals surface area (Å²) in [5, 5.41) is 9.84. The lowest BCUT2D eigenvalue weighted by Gasteiger charge is -2.16. The van der Waals surface area contributed by atoms with Gasteiger partial charge in [-0.15, -0.1) is 0 Å². The molecule has 0 atom stereocenters. The van der Waals surface area contributed by atoms with Crippen molar-refractivity contribution in [2.75, 3.05) is 18.5 Å². The van der Waals surface area contributed by atoms with Crippen LogP contribution in [0.3, 0.4) is 0 Å². The lowest BCUT2D eigenvalue weighted by atomic mass is 10.2. The summed E-state index contributed by atoms with van der Waals surface area (Å²) in [5.41, 5.74) is 2.06. The van der Waals surface area contributed by atoms with Gasteiger partial charge in [0.15, 0.2) is 0 Å². The van der Waals surface area contributed by atoms with Gasteiger partial charge in [-0.3, -0.25) is 4.79 Å². The van der Waals surface area contributed by atoms with Crippen LogP contribution in [0.25, 0.3) is 10.9 Å². The molecule has 1 heterocycles. The fourth-order valence-electron chi connectivity index (χ4n) is 1.80. The molecule has 0 amide bonds. The predicted octanol–water partition coefficient (Wildman–Crippen LogP) is 1.70. The van der Waals surface area contributed by atoms with Crippen LogP contribution in [0.4, 0.5) is 5.69 Å². The van der Waals surface area contributed by atoms with E-state index in [2.05, 4.69) is 0 Å². The molecule has 1 aromatic heterocycles. The smallest absolute Gasteiger partial charge is 0.323 e. The Kier molecular flexibility index (Phi) is 2.56. The van der Waals surface area contributed by atoms with Crippen LogP contribution < -0.4 is 4.90 Å². The van der Waals surface area contributed by atoms with Crippen LogP contribution in [-0.4, -0.2) is 29.2 Å². The number of likely N-dealkylation sites (N-methyl/N-ethyl adjacent to an activating group) is 1. The molecule has 0 bridgehead atoms. The van der Waals surface area contributed by atoms with Crippen LogP contribution in [0, 0.1) is 0 Å². The van der Waals surface area contributed by atoms with Gasteiger partial charge in [-0.2, -0.15) is 0 Å². The number of anilines is 1. The first kappa shape index (κ1) is 10.5. The molecular weight excluding hydrogens is 204 g/mol. The number of hydrogen-bond donors (Lipinski definition) is 1. The Morgan fingerprint density at radius 1 is 1.44 bits per heavy atom. The molecule has 16 heavy (non-hydrogen) atoms. The molecule has 0 aliphatic heterocycles. The molecule has 0 radical (unpaired) electrons. The highest BCUT2D eigenvalue weighted by atomic mass is 16.4. The van der Waals surface area contributed by atoms with Gasteiger partial charge in [0.25, 0.3) is 0 Å². The van der Waals surface area contributed by atoms with Gasteiger partial charge in [-0.25, -0.2) is 0 Å². The van der Waals surface area contributed by atoms with E-state index in [1.807, 2.05) is 42.1 Å². The number of carbonyl (C=O) groups is 1. The molecule has 0 saturated carbocycles. The second-order valence-electron chi connectivity index (χ2n) is 3.92. The van der Waals surface area contributed by atoms with Crippen molar-refractivity contribution in [3.05, 3.63) is 30.5 Å². The standard InChI is InChI=1S/C12H14N2O2/c1-13-6-5-9-7-10(3-4-11(9)13)14(2)8-12(15)16/h3-7H,8H2,1-2H3,(H,15,16). The summed E-state index contributed by atoms with van der Waals surface area (Å²) in [6, 6.07) is 7.96. The van der Waals surface area contributed by atoms with Gasteiger partial charge in [0.2, 0.25) is 0 Å². The van der Waals surface area contributed by atoms with E-state index in [0.29, 0.717) is 0 Å². The molecule has 0 aliphatic rings. The Balaban J connectivity index is 2.35. The summed E-state index contributed by atoms with van der Waals surface area (Å²) in [6.07, 6.45) is 1.99. The average molecular weight is 218 g/mol. The molecule has 0 spiro atoms. The number of carboxylic acid groups (broad SMARTS) is 1. The molecule has 0 fully saturated rings. The fraction of sp³-hybridized carbons (Fsp3) is 0.250. The molecule has 4 heteroatoms. The van der Waals surface area contributed by atoms with Crippen LogP contribution in [0.5, 0.6) is 0 Å². The lowest BCUT2D eigenvalue weighted by Crippen LogP contribution is -2.24. The van der Waals surface area contributed by atoms with Gasteiger partial charge in [0, 0.05) is 36.9 Å². The van der Waals surface area contributed by atoms with Crippen LogP contribution in [0.1, 0.15) is 0 Å². The number of fused-ring (bicyclic) bond motifs is 1. The van der Waals surface area contributed by atoms with Gasteiger partial charge in [0.1, 0.15) is 6.54 Å². The molecule has 0 aliphatic carbocycles. The number of aromatic nitrogens is 1. The molecule has 84 valence electrons. The van der Waals surface area contributed by atoms with E-state index in [0.717, 1.165) is 16.6 Å². The number of nitrogens with zero attached hydrogens (tertiary/aromatic N) is 2. The minimum atomic E-state index is -0.823. The highest BCUT2D eigenvalue weighted by Crippen LogP contribution is 2.21. The van der Waals surface area contributed by atoms with Gasteiger partial charge in [-0.1, -0.05) is 0 Å². The van der Waals surface area contributed by atoms with Crippen LogP contribution in [0.2, 0.25) is 0 Å². The normalized spacial score (nSPS) is 10.6. The van der Waals surface area contributed by atoms with Crippen LogP contribution in [0.15, 0.2) is 30.5 Å².